The van der Waals surface area contributed by atoms with E-state index < -0.39 is 0 Å². The predicted molar refractivity (Wildman–Crippen MR) is 57.6 cm³/mol. The second-order valence-corrected chi connectivity index (χ2v) is 3.81. The van der Waals surface area contributed by atoms with Gasteiger partial charge in [-0.15, -0.1) is 0 Å². The zero-order chi connectivity index (χ0) is 10.7. The summed E-state index contributed by atoms with van der Waals surface area (Å²) in [6, 6.07) is -0.0605. The van der Waals surface area contributed by atoms with Gasteiger partial charge in [0.15, 0.2) is 0 Å². The minimum Gasteiger partial charge on any atom is -0.317 e. The van der Waals surface area contributed by atoms with Gasteiger partial charge in [0, 0.05) is 7.05 Å². The van der Waals surface area contributed by atoms with Crippen molar-refractivity contribution in [3.63, 3.8) is 0 Å². The van der Waals surface area contributed by atoms with E-state index in [0.29, 0.717) is 5.92 Å². The van der Waals surface area contributed by atoms with Crippen molar-refractivity contribution in [2.75, 3.05) is 0 Å². The Bertz CT molecular complexity index is 366. The second-order valence-electron chi connectivity index (χ2n) is 3.81. The SMILES string of the molecule is Cc1c(C#CC(N)C(C)C)cnn1C. The molecule has 14 heavy (non-hydrogen) atoms. The molecule has 76 valence electrons. The van der Waals surface area contributed by atoms with E-state index in [1.165, 1.54) is 0 Å². The molecule has 2 N–H and O–H groups in total. The summed E-state index contributed by atoms with van der Waals surface area (Å²) in [5, 5.41) is 4.11. The minimum atomic E-state index is -0.0605. The Morgan fingerprint density at radius 1 is 1.50 bits per heavy atom. The summed E-state index contributed by atoms with van der Waals surface area (Å²) in [4.78, 5) is 0. The lowest BCUT2D eigenvalue weighted by Gasteiger charge is -2.06. The largest absolute Gasteiger partial charge is 0.317 e. The molecule has 3 nitrogen and oxygen atoms in total. The molecule has 0 bridgehead atoms. The molecule has 0 saturated heterocycles. The van der Waals surface area contributed by atoms with Gasteiger partial charge in [0.2, 0.25) is 0 Å². The molecule has 1 rings (SSSR count). The third-order valence-corrected chi connectivity index (χ3v) is 2.33. The van der Waals surface area contributed by atoms with Crippen LogP contribution in [0.2, 0.25) is 0 Å². The molecule has 1 aromatic heterocycles. The molecule has 0 aromatic carbocycles. The van der Waals surface area contributed by atoms with E-state index in [1.54, 1.807) is 6.20 Å². The first-order valence-electron chi connectivity index (χ1n) is 4.78. The van der Waals surface area contributed by atoms with Crippen LogP contribution in [-0.4, -0.2) is 15.8 Å². The third kappa shape index (κ3) is 2.36. The lowest BCUT2D eigenvalue weighted by Crippen LogP contribution is -2.23. The van der Waals surface area contributed by atoms with Crippen LogP contribution >= 0.6 is 0 Å². The highest BCUT2D eigenvalue weighted by Gasteiger charge is 2.03. The summed E-state index contributed by atoms with van der Waals surface area (Å²) >= 11 is 0. The quantitative estimate of drug-likeness (QED) is 0.675. The number of hydrogen-bond acceptors (Lipinski definition) is 2. The summed E-state index contributed by atoms with van der Waals surface area (Å²) in [6.45, 7) is 6.13. The second kappa shape index (κ2) is 4.30. The van der Waals surface area contributed by atoms with Crippen LogP contribution in [0, 0.1) is 24.7 Å². The topological polar surface area (TPSA) is 43.8 Å². The molecule has 0 radical (unpaired) electrons. The lowest BCUT2D eigenvalue weighted by atomic mass is 10.1. The van der Waals surface area contributed by atoms with Crippen LogP contribution in [0.25, 0.3) is 0 Å². The van der Waals surface area contributed by atoms with E-state index in [1.807, 2.05) is 18.7 Å². The smallest absolute Gasteiger partial charge is 0.0691 e. The molecule has 0 aliphatic carbocycles. The van der Waals surface area contributed by atoms with Crippen molar-refractivity contribution in [1.82, 2.24) is 9.78 Å². The van der Waals surface area contributed by atoms with Gasteiger partial charge < -0.3 is 5.73 Å². The van der Waals surface area contributed by atoms with Gasteiger partial charge in [-0.05, 0) is 12.8 Å². The standard InChI is InChI=1S/C11H17N3/c1-8(2)11(12)6-5-10-7-13-14(4)9(10)3/h7-8,11H,12H2,1-4H3. The van der Waals surface area contributed by atoms with Gasteiger partial charge in [-0.25, -0.2) is 0 Å². The first-order chi connectivity index (χ1) is 6.52. The van der Waals surface area contributed by atoms with Crippen molar-refractivity contribution in [3.05, 3.63) is 17.5 Å². The number of rotatable bonds is 1. The molecule has 0 fully saturated rings. The Balaban J connectivity index is 2.83. The number of aromatic nitrogens is 2. The molecule has 0 spiro atoms. The van der Waals surface area contributed by atoms with Crippen LogP contribution in [-0.2, 0) is 7.05 Å². The van der Waals surface area contributed by atoms with Crippen molar-refractivity contribution >= 4 is 0 Å². The van der Waals surface area contributed by atoms with Crippen LogP contribution in [0.1, 0.15) is 25.1 Å². The Kier molecular flexibility index (Phi) is 3.32. The number of aryl methyl sites for hydroxylation is 1. The zero-order valence-electron chi connectivity index (χ0n) is 9.20. The first-order valence-corrected chi connectivity index (χ1v) is 4.78. The molecule has 0 aliphatic heterocycles. The number of nitrogens with two attached hydrogens (primary N) is 1. The Morgan fingerprint density at radius 2 is 2.14 bits per heavy atom. The molecule has 1 atom stereocenters. The highest BCUT2D eigenvalue weighted by atomic mass is 15.3. The van der Waals surface area contributed by atoms with E-state index in [4.69, 9.17) is 5.73 Å². The molecule has 3 heteroatoms. The van der Waals surface area contributed by atoms with Crippen LogP contribution in [0.5, 0.6) is 0 Å². The molecule has 0 saturated carbocycles. The Hall–Kier alpha value is -1.27. The number of nitrogens with zero attached hydrogens (tertiary/aromatic N) is 2. The molecule has 1 heterocycles. The van der Waals surface area contributed by atoms with E-state index in [2.05, 4.69) is 30.8 Å². The fourth-order valence-corrected chi connectivity index (χ4v) is 0.949. The summed E-state index contributed by atoms with van der Waals surface area (Å²) < 4.78 is 1.81. The average molecular weight is 191 g/mol. The average Bonchev–Trinajstić information content (AvgIpc) is 2.44. The molecule has 0 amide bonds. The molecule has 0 aliphatic rings. The van der Waals surface area contributed by atoms with Crippen molar-refractivity contribution < 1.29 is 0 Å². The monoisotopic (exact) mass is 191 g/mol. The fourth-order valence-electron chi connectivity index (χ4n) is 0.949. The summed E-state index contributed by atoms with van der Waals surface area (Å²) in [5.74, 6) is 6.47. The van der Waals surface area contributed by atoms with Crippen molar-refractivity contribution in [1.29, 1.82) is 0 Å². The maximum atomic E-state index is 5.82. The maximum Gasteiger partial charge on any atom is 0.0691 e. The normalized spacial score (nSPS) is 12.4. The summed E-state index contributed by atoms with van der Waals surface area (Å²) in [5.41, 5.74) is 7.86. The highest BCUT2D eigenvalue weighted by molar-refractivity contribution is 5.36. The minimum absolute atomic E-state index is 0.0605. The van der Waals surface area contributed by atoms with Gasteiger partial charge >= 0.3 is 0 Å². The summed E-state index contributed by atoms with van der Waals surface area (Å²) in [6.07, 6.45) is 1.77. The van der Waals surface area contributed by atoms with Crippen LogP contribution in [0.15, 0.2) is 6.20 Å². The van der Waals surface area contributed by atoms with Crippen LogP contribution < -0.4 is 5.73 Å². The van der Waals surface area contributed by atoms with Crippen molar-refractivity contribution in [3.8, 4) is 11.8 Å². The predicted octanol–water partition coefficient (Wildman–Crippen LogP) is 1.06. The Morgan fingerprint density at radius 3 is 2.57 bits per heavy atom. The van der Waals surface area contributed by atoms with Crippen molar-refractivity contribution in [2.24, 2.45) is 18.7 Å². The fraction of sp³-hybridized carbons (Fsp3) is 0.545. The first kappa shape index (κ1) is 10.8. The van der Waals surface area contributed by atoms with Crippen molar-refractivity contribution in [2.45, 2.75) is 26.8 Å². The lowest BCUT2D eigenvalue weighted by molar-refractivity contribution is 0.584. The van der Waals surface area contributed by atoms with Crippen LogP contribution in [0.3, 0.4) is 0 Å². The van der Waals surface area contributed by atoms with Gasteiger partial charge in [0.05, 0.1) is 23.5 Å². The molecular formula is C11H17N3. The van der Waals surface area contributed by atoms with Crippen LogP contribution in [0.4, 0.5) is 0 Å². The van der Waals surface area contributed by atoms with E-state index in [-0.39, 0.29) is 6.04 Å². The molecular weight excluding hydrogens is 174 g/mol. The van der Waals surface area contributed by atoms with E-state index in [0.717, 1.165) is 11.3 Å². The van der Waals surface area contributed by atoms with Gasteiger partial charge in [-0.3, -0.25) is 4.68 Å². The number of hydrogen-bond donors (Lipinski definition) is 1. The maximum absolute atomic E-state index is 5.82. The Labute approximate surface area is 85.3 Å². The van der Waals surface area contributed by atoms with Gasteiger partial charge in [-0.1, -0.05) is 25.7 Å². The molecule has 1 unspecified atom stereocenters. The van der Waals surface area contributed by atoms with Gasteiger partial charge in [0.1, 0.15) is 0 Å². The van der Waals surface area contributed by atoms with Gasteiger partial charge in [-0.2, -0.15) is 5.10 Å². The summed E-state index contributed by atoms with van der Waals surface area (Å²) in [7, 11) is 1.91. The van der Waals surface area contributed by atoms with E-state index >= 15 is 0 Å². The third-order valence-electron chi connectivity index (χ3n) is 2.33. The highest BCUT2D eigenvalue weighted by Crippen LogP contribution is 2.03. The van der Waals surface area contributed by atoms with E-state index in [9.17, 15) is 0 Å². The zero-order valence-corrected chi connectivity index (χ0v) is 9.20. The van der Waals surface area contributed by atoms with Gasteiger partial charge in [0.25, 0.3) is 0 Å². The molecule has 1 aromatic rings.